The third-order valence-electron chi connectivity index (χ3n) is 2.03. The Hall–Kier alpha value is -1.30. The van der Waals surface area contributed by atoms with Crippen LogP contribution in [0, 0.1) is 10.8 Å². The molecule has 0 saturated carbocycles. The molecular formula is C10H24N6. The van der Waals surface area contributed by atoms with Gasteiger partial charge in [-0.1, -0.05) is 12.8 Å². The van der Waals surface area contributed by atoms with Gasteiger partial charge in [-0.2, -0.15) is 0 Å². The van der Waals surface area contributed by atoms with Gasteiger partial charge in [0, 0.05) is 6.54 Å². The SMILES string of the molecule is CNCCCCCCNC(=N)NNC(C)=N. The lowest BCUT2D eigenvalue weighted by Crippen LogP contribution is -2.46. The lowest BCUT2D eigenvalue weighted by Gasteiger charge is -2.10. The van der Waals surface area contributed by atoms with Crippen molar-refractivity contribution in [2.45, 2.75) is 32.6 Å². The highest BCUT2D eigenvalue weighted by Crippen LogP contribution is 1.97. The van der Waals surface area contributed by atoms with Gasteiger partial charge in [0.2, 0.25) is 5.96 Å². The number of unbranched alkanes of at least 4 members (excludes halogenated alkanes) is 3. The predicted octanol–water partition coefficient (Wildman–Crippen LogP) is 0.382. The smallest absolute Gasteiger partial charge is 0.207 e. The summed E-state index contributed by atoms with van der Waals surface area (Å²) in [4.78, 5) is 0. The van der Waals surface area contributed by atoms with E-state index < -0.39 is 0 Å². The fourth-order valence-electron chi connectivity index (χ4n) is 1.19. The molecule has 0 aromatic carbocycles. The Kier molecular flexibility index (Phi) is 9.39. The highest BCUT2D eigenvalue weighted by atomic mass is 15.4. The third-order valence-corrected chi connectivity index (χ3v) is 2.03. The number of hydrazine groups is 1. The van der Waals surface area contributed by atoms with Gasteiger partial charge in [0.25, 0.3) is 0 Å². The molecule has 0 fully saturated rings. The largest absolute Gasteiger partial charge is 0.355 e. The van der Waals surface area contributed by atoms with E-state index in [9.17, 15) is 0 Å². The van der Waals surface area contributed by atoms with Crippen LogP contribution in [0.5, 0.6) is 0 Å². The molecule has 0 heterocycles. The fourth-order valence-corrected chi connectivity index (χ4v) is 1.19. The van der Waals surface area contributed by atoms with Crippen LogP contribution < -0.4 is 21.5 Å². The van der Waals surface area contributed by atoms with Crippen LogP contribution in [-0.2, 0) is 0 Å². The molecule has 94 valence electrons. The van der Waals surface area contributed by atoms with E-state index in [4.69, 9.17) is 10.8 Å². The number of nitrogens with one attached hydrogen (secondary N) is 6. The summed E-state index contributed by atoms with van der Waals surface area (Å²) in [6.07, 6.45) is 4.68. The molecule has 16 heavy (non-hydrogen) atoms. The first-order chi connectivity index (χ1) is 7.66. The van der Waals surface area contributed by atoms with Crippen molar-refractivity contribution < 1.29 is 0 Å². The first kappa shape index (κ1) is 14.7. The first-order valence-electron chi connectivity index (χ1n) is 5.71. The van der Waals surface area contributed by atoms with E-state index in [1.54, 1.807) is 6.92 Å². The van der Waals surface area contributed by atoms with Crippen molar-refractivity contribution in [1.82, 2.24) is 21.5 Å². The summed E-state index contributed by atoms with van der Waals surface area (Å²) in [5.41, 5.74) is 5.13. The second kappa shape index (κ2) is 10.2. The average Bonchev–Trinajstić information content (AvgIpc) is 2.25. The van der Waals surface area contributed by atoms with Gasteiger partial charge < -0.3 is 10.6 Å². The van der Waals surface area contributed by atoms with Crippen molar-refractivity contribution in [3.8, 4) is 0 Å². The maximum Gasteiger partial charge on any atom is 0.207 e. The van der Waals surface area contributed by atoms with Crippen LogP contribution in [0.25, 0.3) is 0 Å². The molecule has 6 heteroatoms. The molecule has 6 nitrogen and oxygen atoms in total. The summed E-state index contributed by atoms with van der Waals surface area (Å²) < 4.78 is 0. The first-order valence-corrected chi connectivity index (χ1v) is 5.71. The van der Waals surface area contributed by atoms with Crippen molar-refractivity contribution in [2.75, 3.05) is 20.1 Å². The molecule has 0 atom stereocenters. The molecule has 6 N–H and O–H groups in total. The van der Waals surface area contributed by atoms with Gasteiger partial charge in [-0.15, -0.1) is 0 Å². The Balaban J connectivity index is 3.18. The molecule has 0 radical (unpaired) electrons. The Morgan fingerprint density at radius 3 is 2.12 bits per heavy atom. The van der Waals surface area contributed by atoms with E-state index >= 15 is 0 Å². The molecule has 0 aliphatic rings. The van der Waals surface area contributed by atoms with Gasteiger partial charge in [0.1, 0.15) is 5.84 Å². The highest BCUT2D eigenvalue weighted by molar-refractivity contribution is 5.82. The molecule has 0 amide bonds. The summed E-state index contributed by atoms with van der Waals surface area (Å²) in [6, 6.07) is 0. The van der Waals surface area contributed by atoms with Gasteiger partial charge in [-0.05, 0) is 33.4 Å². The lowest BCUT2D eigenvalue weighted by atomic mass is 10.2. The van der Waals surface area contributed by atoms with Crippen molar-refractivity contribution in [3.05, 3.63) is 0 Å². The Morgan fingerprint density at radius 1 is 0.938 bits per heavy atom. The van der Waals surface area contributed by atoms with Gasteiger partial charge in [-0.25, -0.2) is 0 Å². The summed E-state index contributed by atoms with van der Waals surface area (Å²) in [5, 5.41) is 20.6. The zero-order valence-corrected chi connectivity index (χ0v) is 10.2. The number of hydrogen-bond acceptors (Lipinski definition) is 3. The standard InChI is InChI=1S/C10H24N6/c1-9(11)15-16-10(12)14-8-6-4-3-5-7-13-2/h13H,3-8H2,1-2H3,(H2,11,15)(H3,12,14,16). The van der Waals surface area contributed by atoms with Gasteiger partial charge in [0.15, 0.2) is 0 Å². The maximum absolute atomic E-state index is 7.44. The Bertz CT molecular complexity index is 203. The van der Waals surface area contributed by atoms with Crippen molar-refractivity contribution >= 4 is 11.8 Å². The minimum Gasteiger partial charge on any atom is -0.355 e. The zero-order valence-electron chi connectivity index (χ0n) is 10.2. The summed E-state index contributed by atoms with van der Waals surface area (Å²) in [5.74, 6) is 0.500. The Morgan fingerprint density at radius 2 is 1.56 bits per heavy atom. The van der Waals surface area contributed by atoms with E-state index in [0.29, 0.717) is 5.84 Å². The van der Waals surface area contributed by atoms with Crippen LogP contribution in [0.15, 0.2) is 0 Å². The van der Waals surface area contributed by atoms with Crippen LogP contribution in [0.4, 0.5) is 0 Å². The van der Waals surface area contributed by atoms with E-state index in [1.807, 2.05) is 7.05 Å². The zero-order chi connectivity index (χ0) is 12.2. The third kappa shape index (κ3) is 10.8. The topological polar surface area (TPSA) is 95.8 Å². The molecule has 0 saturated heterocycles. The van der Waals surface area contributed by atoms with Crippen LogP contribution in [0.1, 0.15) is 32.6 Å². The molecule has 0 aliphatic heterocycles. The van der Waals surface area contributed by atoms with Gasteiger partial charge in [-0.3, -0.25) is 21.7 Å². The van der Waals surface area contributed by atoms with Crippen LogP contribution in [0.3, 0.4) is 0 Å². The number of amidine groups is 1. The summed E-state index contributed by atoms with van der Waals surface area (Å²) >= 11 is 0. The molecule has 0 unspecified atom stereocenters. The van der Waals surface area contributed by atoms with Crippen LogP contribution in [-0.4, -0.2) is 31.9 Å². The van der Waals surface area contributed by atoms with Crippen molar-refractivity contribution in [2.24, 2.45) is 0 Å². The van der Waals surface area contributed by atoms with E-state index in [0.717, 1.165) is 19.5 Å². The average molecular weight is 228 g/mol. The molecule has 0 bridgehead atoms. The lowest BCUT2D eigenvalue weighted by molar-refractivity contribution is 0.606. The highest BCUT2D eigenvalue weighted by Gasteiger charge is 1.94. The number of rotatable bonds is 7. The molecule has 0 aromatic heterocycles. The predicted molar refractivity (Wildman–Crippen MR) is 67.8 cm³/mol. The minimum absolute atomic E-state index is 0.210. The second-order valence-electron chi connectivity index (χ2n) is 3.69. The maximum atomic E-state index is 7.44. The molecule has 0 rings (SSSR count). The normalized spacial score (nSPS) is 9.62. The summed E-state index contributed by atoms with van der Waals surface area (Å²) in [7, 11) is 1.97. The van der Waals surface area contributed by atoms with E-state index in [-0.39, 0.29) is 5.96 Å². The quantitative estimate of drug-likeness (QED) is 0.164. The fraction of sp³-hybridized carbons (Fsp3) is 0.800. The van der Waals surface area contributed by atoms with E-state index in [1.165, 1.54) is 19.3 Å². The van der Waals surface area contributed by atoms with Gasteiger partial charge in [0.05, 0.1) is 0 Å². The van der Waals surface area contributed by atoms with E-state index in [2.05, 4.69) is 21.5 Å². The van der Waals surface area contributed by atoms with Gasteiger partial charge >= 0.3 is 0 Å². The monoisotopic (exact) mass is 228 g/mol. The number of guanidine groups is 1. The summed E-state index contributed by atoms with van der Waals surface area (Å²) in [6.45, 7) is 3.49. The minimum atomic E-state index is 0.210. The number of hydrogen-bond donors (Lipinski definition) is 6. The molecule has 0 aromatic rings. The van der Waals surface area contributed by atoms with Crippen LogP contribution in [0.2, 0.25) is 0 Å². The molecular weight excluding hydrogens is 204 g/mol. The van der Waals surface area contributed by atoms with Crippen molar-refractivity contribution in [1.29, 1.82) is 10.8 Å². The van der Waals surface area contributed by atoms with Crippen LogP contribution >= 0.6 is 0 Å². The molecule has 0 spiro atoms. The Labute approximate surface area is 97.6 Å². The molecule has 0 aliphatic carbocycles. The van der Waals surface area contributed by atoms with Crippen molar-refractivity contribution in [3.63, 3.8) is 0 Å². The second-order valence-corrected chi connectivity index (χ2v) is 3.69.